The zero-order valence-corrected chi connectivity index (χ0v) is 9.85. The van der Waals surface area contributed by atoms with E-state index in [1.54, 1.807) is 0 Å². The Morgan fingerprint density at radius 3 is 2.50 bits per heavy atom. The van der Waals surface area contributed by atoms with Crippen LogP contribution in [0.4, 0.5) is 0 Å². The number of ether oxygens (including phenoxy) is 1. The number of rotatable bonds is 7. The van der Waals surface area contributed by atoms with E-state index < -0.39 is 0 Å². The zero-order valence-electron chi connectivity index (χ0n) is 9.85. The molecule has 0 aliphatic carbocycles. The van der Waals surface area contributed by atoms with Crippen LogP contribution in [-0.4, -0.2) is 24.7 Å². The number of carbonyl (C=O) groups excluding carboxylic acids is 1. The van der Waals surface area contributed by atoms with Crippen molar-refractivity contribution >= 4 is 5.97 Å². The smallest absolute Gasteiger partial charge is 0.305 e. The third-order valence-electron chi connectivity index (χ3n) is 2.35. The number of hydrogen-bond donors (Lipinski definition) is 1. The second-order valence-electron chi connectivity index (χ2n) is 4.07. The molecule has 3 heteroatoms. The van der Waals surface area contributed by atoms with Crippen LogP contribution in [0.1, 0.15) is 47.0 Å². The first-order valence-electron chi connectivity index (χ1n) is 5.42. The van der Waals surface area contributed by atoms with Crippen molar-refractivity contribution in [3.05, 3.63) is 0 Å². The molecule has 0 saturated heterocycles. The summed E-state index contributed by atoms with van der Waals surface area (Å²) in [6, 6.07) is 0. The molecule has 0 radical (unpaired) electrons. The highest BCUT2D eigenvalue weighted by atomic mass is 16.5. The molecule has 0 aromatic carbocycles. The number of hydrogen-bond acceptors (Lipinski definition) is 3. The van der Waals surface area contributed by atoms with Gasteiger partial charge in [0.1, 0.15) is 0 Å². The van der Waals surface area contributed by atoms with Crippen LogP contribution >= 0.6 is 0 Å². The predicted octanol–water partition coefficient (Wildman–Crippen LogP) is 2.11. The van der Waals surface area contributed by atoms with Gasteiger partial charge in [-0.15, -0.1) is 0 Å². The minimum absolute atomic E-state index is 0.0939. The van der Waals surface area contributed by atoms with Gasteiger partial charge in [0.15, 0.2) is 0 Å². The summed E-state index contributed by atoms with van der Waals surface area (Å²) >= 11 is 0. The molecule has 0 unspecified atom stereocenters. The van der Waals surface area contributed by atoms with E-state index in [2.05, 4.69) is 26.1 Å². The van der Waals surface area contributed by atoms with Gasteiger partial charge < -0.3 is 10.1 Å². The largest absolute Gasteiger partial charge is 0.466 e. The van der Waals surface area contributed by atoms with Crippen LogP contribution in [-0.2, 0) is 9.53 Å². The molecule has 0 aromatic rings. The fraction of sp³-hybridized carbons (Fsp3) is 0.909. The number of carbonyl (C=O) groups is 1. The van der Waals surface area contributed by atoms with Crippen LogP contribution in [0.15, 0.2) is 0 Å². The molecule has 0 fully saturated rings. The average Bonchev–Trinajstić information content (AvgIpc) is 2.13. The molecule has 0 atom stereocenters. The van der Waals surface area contributed by atoms with Gasteiger partial charge in [-0.3, -0.25) is 4.79 Å². The molecule has 14 heavy (non-hydrogen) atoms. The topological polar surface area (TPSA) is 38.3 Å². The molecule has 0 aliphatic rings. The van der Waals surface area contributed by atoms with Gasteiger partial charge in [-0.05, 0) is 40.2 Å². The second kappa shape index (κ2) is 6.82. The lowest BCUT2D eigenvalue weighted by molar-refractivity contribution is -0.143. The highest BCUT2D eigenvalue weighted by Crippen LogP contribution is 2.06. The summed E-state index contributed by atoms with van der Waals surface area (Å²) < 4.78 is 4.83. The molecule has 1 N–H and O–H groups in total. The van der Waals surface area contributed by atoms with Crippen molar-refractivity contribution < 1.29 is 9.53 Å². The Morgan fingerprint density at radius 2 is 2.00 bits per heavy atom. The fourth-order valence-electron chi connectivity index (χ4n) is 1.02. The maximum absolute atomic E-state index is 11.0. The van der Waals surface area contributed by atoms with Crippen LogP contribution in [0.2, 0.25) is 0 Å². The monoisotopic (exact) mass is 201 g/mol. The van der Waals surface area contributed by atoms with E-state index in [9.17, 15) is 4.79 Å². The molecule has 0 aromatic heterocycles. The number of esters is 1. The summed E-state index contributed by atoms with van der Waals surface area (Å²) in [5.41, 5.74) is 0.175. The maximum atomic E-state index is 11.0. The standard InChI is InChI=1S/C11H23NO2/c1-5-11(3,4)12-9-7-8-10(13)14-6-2/h12H,5-9H2,1-4H3. The predicted molar refractivity (Wildman–Crippen MR) is 58.2 cm³/mol. The summed E-state index contributed by atoms with van der Waals surface area (Å²) in [6.45, 7) is 9.66. The fourth-order valence-corrected chi connectivity index (χ4v) is 1.02. The number of nitrogens with one attached hydrogen (secondary N) is 1. The van der Waals surface area contributed by atoms with E-state index in [0.29, 0.717) is 13.0 Å². The molecule has 0 aliphatic heterocycles. The van der Waals surface area contributed by atoms with Crippen molar-refractivity contribution in [3.63, 3.8) is 0 Å². The third-order valence-corrected chi connectivity index (χ3v) is 2.35. The van der Waals surface area contributed by atoms with E-state index in [1.165, 1.54) is 0 Å². The van der Waals surface area contributed by atoms with Gasteiger partial charge in [-0.25, -0.2) is 0 Å². The molecule has 0 amide bonds. The lowest BCUT2D eigenvalue weighted by Crippen LogP contribution is -2.39. The second-order valence-corrected chi connectivity index (χ2v) is 4.07. The van der Waals surface area contributed by atoms with Crippen LogP contribution in [0, 0.1) is 0 Å². The third kappa shape index (κ3) is 6.89. The lowest BCUT2D eigenvalue weighted by Gasteiger charge is -2.24. The SMILES string of the molecule is CCOC(=O)CCCNC(C)(C)CC. The molecule has 84 valence electrons. The molecule has 3 nitrogen and oxygen atoms in total. The minimum atomic E-state index is -0.0939. The van der Waals surface area contributed by atoms with Gasteiger partial charge in [-0.2, -0.15) is 0 Å². The Kier molecular flexibility index (Phi) is 6.54. The summed E-state index contributed by atoms with van der Waals surface area (Å²) in [4.78, 5) is 11.0. The van der Waals surface area contributed by atoms with Gasteiger partial charge >= 0.3 is 5.97 Å². The minimum Gasteiger partial charge on any atom is -0.466 e. The van der Waals surface area contributed by atoms with Gasteiger partial charge in [0.25, 0.3) is 0 Å². The summed E-state index contributed by atoms with van der Waals surface area (Å²) in [5, 5.41) is 3.40. The highest BCUT2D eigenvalue weighted by Gasteiger charge is 2.12. The summed E-state index contributed by atoms with van der Waals surface area (Å²) in [7, 11) is 0. The Labute approximate surface area is 87.2 Å². The molecule has 0 heterocycles. The lowest BCUT2D eigenvalue weighted by atomic mass is 10.0. The summed E-state index contributed by atoms with van der Waals surface area (Å²) in [6.07, 6.45) is 2.45. The van der Waals surface area contributed by atoms with E-state index >= 15 is 0 Å². The molecular weight excluding hydrogens is 178 g/mol. The van der Waals surface area contributed by atoms with Crippen molar-refractivity contribution in [2.75, 3.05) is 13.2 Å². The van der Waals surface area contributed by atoms with Crippen LogP contribution in [0.5, 0.6) is 0 Å². The average molecular weight is 201 g/mol. The van der Waals surface area contributed by atoms with Gasteiger partial charge in [0.2, 0.25) is 0 Å². The maximum Gasteiger partial charge on any atom is 0.305 e. The molecule has 0 bridgehead atoms. The van der Waals surface area contributed by atoms with Crippen molar-refractivity contribution in [1.82, 2.24) is 5.32 Å². The van der Waals surface area contributed by atoms with Crippen molar-refractivity contribution in [2.24, 2.45) is 0 Å². The van der Waals surface area contributed by atoms with Crippen LogP contribution in [0.25, 0.3) is 0 Å². The van der Waals surface area contributed by atoms with Crippen LogP contribution in [0.3, 0.4) is 0 Å². The first kappa shape index (κ1) is 13.4. The Morgan fingerprint density at radius 1 is 1.36 bits per heavy atom. The van der Waals surface area contributed by atoms with Gasteiger partial charge in [0.05, 0.1) is 6.61 Å². The van der Waals surface area contributed by atoms with E-state index in [1.807, 2.05) is 6.92 Å². The van der Waals surface area contributed by atoms with Crippen molar-refractivity contribution in [3.8, 4) is 0 Å². The van der Waals surface area contributed by atoms with E-state index in [0.717, 1.165) is 19.4 Å². The Balaban J connectivity index is 3.42. The van der Waals surface area contributed by atoms with Crippen molar-refractivity contribution in [2.45, 2.75) is 52.5 Å². The van der Waals surface area contributed by atoms with Gasteiger partial charge in [-0.1, -0.05) is 6.92 Å². The Bertz CT molecular complexity index is 167. The van der Waals surface area contributed by atoms with Gasteiger partial charge in [0, 0.05) is 12.0 Å². The van der Waals surface area contributed by atoms with Crippen molar-refractivity contribution in [1.29, 1.82) is 0 Å². The highest BCUT2D eigenvalue weighted by molar-refractivity contribution is 5.69. The van der Waals surface area contributed by atoms with Crippen LogP contribution < -0.4 is 5.32 Å². The molecule has 0 spiro atoms. The van der Waals surface area contributed by atoms with E-state index in [-0.39, 0.29) is 11.5 Å². The summed E-state index contributed by atoms with van der Waals surface area (Å²) in [5.74, 6) is -0.0939. The first-order chi connectivity index (χ1) is 6.52. The molecule has 0 saturated carbocycles. The molecule has 0 rings (SSSR count). The first-order valence-corrected chi connectivity index (χ1v) is 5.42. The Hall–Kier alpha value is -0.570. The van der Waals surface area contributed by atoms with E-state index in [4.69, 9.17) is 4.74 Å². The normalized spacial score (nSPS) is 11.4. The quantitative estimate of drug-likeness (QED) is 0.506. The zero-order chi connectivity index (χ0) is 11.0. The molecular formula is C11H23NO2.